The van der Waals surface area contributed by atoms with Gasteiger partial charge in [-0.2, -0.15) is 0 Å². The molecule has 0 saturated carbocycles. The lowest BCUT2D eigenvalue weighted by atomic mass is 9.61. The summed E-state index contributed by atoms with van der Waals surface area (Å²) in [7, 11) is 0. The lowest BCUT2D eigenvalue weighted by molar-refractivity contribution is -0.167. The van der Waals surface area contributed by atoms with Crippen LogP contribution in [0, 0.1) is 17.4 Å². The number of rotatable bonds is 0. The van der Waals surface area contributed by atoms with Crippen LogP contribution in [-0.2, 0) is 9.53 Å². The average Bonchev–Trinajstić information content (AvgIpc) is 2.27. The molecule has 1 fully saturated rings. The van der Waals surface area contributed by atoms with Crippen LogP contribution in [0.3, 0.4) is 0 Å². The molecular weight excluding hydrogens is 214 g/mol. The molecular formula is C14H19NO2. The minimum atomic E-state index is -0.599. The Morgan fingerprint density at radius 1 is 1.47 bits per heavy atom. The van der Waals surface area contributed by atoms with E-state index in [1.54, 1.807) is 0 Å². The van der Waals surface area contributed by atoms with Crippen LogP contribution >= 0.6 is 0 Å². The van der Waals surface area contributed by atoms with Crippen LogP contribution in [0.4, 0.5) is 0 Å². The lowest BCUT2D eigenvalue weighted by Crippen LogP contribution is -2.55. The summed E-state index contributed by atoms with van der Waals surface area (Å²) in [5.41, 5.74) is -0.492. The van der Waals surface area contributed by atoms with Gasteiger partial charge in [0.1, 0.15) is 0 Å². The Balaban J connectivity index is 2.51. The second-order valence-electron chi connectivity index (χ2n) is 6.06. The van der Waals surface area contributed by atoms with Crippen molar-refractivity contribution in [1.29, 1.82) is 0 Å². The van der Waals surface area contributed by atoms with Gasteiger partial charge in [-0.3, -0.25) is 0 Å². The SMILES string of the molecule is [C-]#[N+]C1=C[C@]2(C)CC[C@H](C)O[C@H]2C(C)(C)C1=O. The number of Topliss-reactive ketones (excluding diaryl/α,β-unsaturated/α-hetero) is 1. The molecule has 3 atom stereocenters. The molecule has 1 saturated heterocycles. The fraction of sp³-hybridized carbons (Fsp3) is 0.714. The Labute approximate surface area is 103 Å². The van der Waals surface area contributed by atoms with Gasteiger partial charge in [0.15, 0.2) is 5.78 Å². The summed E-state index contributed by atoms with van der Waals surface area (Å²) < 4.78 is 6.00. The van der Waals surface area contributed by atoms with Crippen molar-refractivity contribution in [2.24, 2.45) is 10.8 Å². The topological polar surface area (TPSA) is 30.7 Å². The van der Waals surface area contributed by atoms with Crippen molar-refractivity contribution in [1.82, 2.24) is 0 Å². The monoisotopic (exact) mass is 233 g/mol. The third-order valence-electron chi connectivity index (χ3n) is 4.12. The van der Waals surface area contributed by atoms with Crippen molar-refractivity contribution in [2.75, 3.05) is 0 Å². The molecule has 2 rings (SSSR count). The summed E-state index contributed by atoms with van der Waals surface area (Å²) in [4.78, 5) is 15.6. The van der Waals surface area contributed by atoms with Crippen LogP contribution < -0.4 is 0 Å². The van der Waals surface area contributed by atoms with Gasteiger partial charge >= 0.3 is 0 Å². The molecule has 3 nitrogen and oxygen atoms in total. The summed E-state index contributed by atoms with van der Waals surface area (Å²) in [6.07, 6.45) is 3.89. The van der Waals surface area contributed by atoms with E-state index < -0.39 is 5.41 Å². The molecule has 0 unspecified atom stereocenters. The smallest absolute Gasteiger partial charge is 0.226 e. The highest BCUT2D eigenvalue weighted by Crippen LogP contribution is 2.50. The summed E-state index contributed by atoms with van der Waals surface area (Å²) in [5, 5.41) is 0. The lowest BCUT2D eigenvalue weighted by Gasteiger charge is -2.51. The first-order valence-corrected chi connectivity index (χ1v) is 6.12. The van der Waals surface area contributed by atoms with Crippen molar-refractivity contribution in [3.63, 3.8) is 0 Å². The first-order chi connectivity index (χ1) is 7.81. The summed E-state index contributed by atoms with van der Waals surface area (Å²) in [5.74, 6) is -0.0796. The third-order valence-corrected chi connectivity index (χ3v) is 4.12. The van der Waals surface area contributed by atoms with Crippen LogP contribution in [0.15, 0.2) is 11.8 Å². The normalized spacial score (nSPS) is 40.2. The first-order valence-electron chi connectivity index (χ1n) is 6.12. The zero-order chi connectivity index (χ0) is 12.8. The number of hydrogen-bond acceptors (Lipinski definition) is 2. The Hall–Kier alpha value is -1.14. The molecule has 0 aromatic rings. The second kappa shape index (κ2) is 3.68. The molecule has 2 aliphatic rings. The van der Waals surface area contributed by atoms with Gasteiger partial charge in [-0.25, -0.2) is 4.85 Å². The minimum absolute atomic E-state index is 0.0796. The molecule has 0 N–H and O–H groups in total. The Kier molecular flexibility index (Phi) is 2.67. The van der Waals surface area contributed by atoms with Gasteiger partial charge in [-0.15, -0.1) is 0 Å². The van der Waals surface area contributed by atoms with E-state index in [2.05, 4.69) is 11.8 Å². The molecule has 17 heavy (non-hydrogen) atoms. The Bertz CT molecular complexity index is 430. The standard InChI is InChI=1S/C14H19NO2/c1-9-6-7-14(4)8-10(15-5)11(16)13(2,3)12(14)17-9/h8-9,12H,6-7H2,1-4H3/t9-,12-,14-/m0/s1. The number of ketones is 1. The number of ether oxygens (including phenoxy) is 1. The largest absolute Gasteiger partial charge is 0.373 e. The van der Waals surface area contributed by atoms with Crippen LogP contribution in [0.1, 0.15) is 40.5 Å². The molecule has 0 aromatic heterocycles. The van der Waals surface area contributed by atoms with Crippen molar-refractivity contribution < 1.29 is 9.53 Å². The predicted octanol–water partition coefficient (Wildman–Crippen LogP) is 2.97. The fourth-order valence-electron chi connectivity index (χ4n) is 3.15. The van der Waals surface area contributed by atoms with Gasteiger partial charge in [0.2, 0.25) is 5.70 Å². The van der Waals surface area contributed by atoms with Gasteiger partial charge in [0, 0.05) is 10.8 Å². The van der Waals surface area contributed by atoms with Crippen LogP contribution in [0.2, 0.25) is 0 Å². The van der Waals surface area contributed by atoms with Crippen LogP contribution in [0.25, 0.3) is 4.85 Å². The maximum Gasteiger partial charge on any atom is 0.226 e. The Morgan fingerprint density at radius 2 is 2.12 bits per heavy atom. The molecule has 3 heteroatoms. The fourth-order valence-corrected chi connectivity index (χ4v) is 3.15. The van der Waals surface area contributed by atoms with Gasteiger partial charge in [0.25, 0.3) is 0 Å². The minimum Gasteiger partial charge on any atom is -0.373 e. The zero-order valence-corrected chi connectivity index (χ0v) is 10.9. The highest BCUT2D eigenvalue weighted by atomic mass is 16.5. The number of nitrogens with zero attached hydrogens (tertiary/aromatic N) is 1. The maximum atomic E-state index is 12.2. The van der Waals surface area contributed by atoms with Crippen molar-refractivity contribution in [3.8, 4) is 0 Å². The number of hydrogen-bond donors (Lipinski definition) is 0. The summed E-state index contributed by atoms with van der Waals surface area (Å²) in [6.45, 7) is 15.1. The quantitative estimate of drug-likeness (QED) is 0.602. The molecule has 0 bridgehead atoms. The van der Waals surface area contributed by atoms with E-state index in [1.165, 1.54) is 0 Å². The van der Waals surface area contributed by atoms with Gasteiger partial charge in [-0.05, 0) is 19.8 Å². The average molecular weight is 233 g/mol. The molecule has 1 aliphatic heterocycles. The molecule has 1 aliphatic carbocycles. The first kappa shape index (κ1) is 12.3. The van der Waals surface area contributed by atoms with E-state index in [-0.39, 0.29) is 29.1 Å². The summed E-state index contributed by atoms with van der Waals surface area (Å²) >= 11 is 0. The highest BCUT2D eigenvalue weighted by Gasteiger charge is 2.54. The van der Waals surface area contributed by atoms with Crippen molar-refractivity contribution >= 4 is 5.78 Å². The van der Waals surface area contributed by atoms with Crippen molar-refractivity contribution in [2.45, 2.75) is 52.7 Å². The molecule has 0 spiro atoms. The highest BCUT2D eigenvalue weighted by molar-refractivity contribution is 6.02. The van der Waals surface area contributed by atoms with E-state index in [9.17, 15) is 4.79 Å². The third kappa shape index (κ3) is 1.71. The Morgan fingerprint density at radius 3 is 2.71 bits per heavy atom. The van der Waals surface area contributed by atoms with Crippen LogP contribution in [0.5, 0.6) is 0 Å². The molecule has 0 aromatic carbocycles. The van der Waals surface area contributed by atoms with Gasteiger partial charge in [0.05, 0.1) is 18.8 Å². The molecule has 92 valence electrons. The zero-order valence-electron chi connectivity index (χ0n) is 10.9. The maximum absolute atomic E-state index is 12.2. The van der Waals surface area contributed by atoms with Gasteiger partial charge < -0.3 is 9.53 Å². The van der Waals surface area contributed by atoms with E-state index in [0.29, 0.717) is 0 Å². The van der Waals surface area contributed by atoms with E-state index in [1.807, 2.05) is 26.8 Å². The van der Waals surface area contributed by atoms with Crippen LogP contribution in [-0.4, -0.2) is 18.0 Å². The molecule has 0 amide bonds. The van der Waals surface area contributed by atoms with E-state index in [4.69, 9.17) is 11.3 Å². The number of carbonyl (C=O) groups is 1. The van der Waals surface area contributed by atoms with E-state index >= 15 is 0 Å². The van der Waals surface area contributed by atoms with Crippen molar-refractivity contribution in [3.05, 3.63) is 23.2 Å². The number of carbonyl (C=O) groups excluding carboxylic acids is 1. The van der Waals surface area contributed by atoms with Gasteiger partial charge in [-0.1, -0.05) is 26.8 Å². The summed E-state index contributed by atoms with van der Waals surface area (Å²) in [6, 6.07) is 0. The second-order valence-corrected chi connectivity index (χ2v) is 6.06. The molecule has 0 radical (unpaired) electrons. The predicted molar refractivity (Wildman–Crippen MR) is 65.1 cm³/mol. The number of fused-ring (bicyclic) bond motifs is 1. The molecule has 1 heterocycles. The van der Waals surface area contributed by atoms with E-state index in [0.717, 1.165) is 12.8 Å². The number of allylic oxidation sites excluding steroid dienone is 1.